The molecule has 0 aliphatic heterocycles. The fraction of sp³-hybridized carbons (Fsp3) is 0.238. The van der Waals surface area contributed by atoms with E-state index in [-0.39, 0.29) is 5.78 Å². The van der Waals surface area contributed by atoms with E-state index in [9.17, 15) is 4.79 Å². The van der Waals surface area contributed by atoms with Crippen LogP contribution in [-0.2, 0) is 7.05 Å². The summed E-state index contributed by atoms with van der Waals surface area (Å²) < 4.78 is 3.95. The summed E-state index contributed by atoms with van der Waals surface area (Å²) >= 11 is 1.41. The lowest BCUT2D eigenvalue weighted by Crippen LogP contribution is -2.07. The molecule has 0 amide bonds. The fourth-order valence-electron chi connectivity index (χ4n) is 3.64. The Morgan fingerprint density at radius 3 is 2.64 bits per heavy atom. The lowest BCUT2D eigenvalue weighted by Gasteiger charge is -2.08. The number of carbonyl (C=O) groups excluding carboxylic acids is 1. The van der Waals surface area contributed by atoms with Crippen molar-refractivity contribution in [3.8, 4) is 11.3 Å². The minimum Gasteiger partial charge on any atom is -0.343 e. The van der Waals surface area contributed by atoms with E-state index in [0.717, 1.165) is 45.7 Å². The monoisotopic (exact) mass is 389 g/mol. The van der Waals surface area contributed by atoms with Gasteiger partial charge < -0.3 is 4.57 Å². The number of thioether (sulfide) groups is 1. The van der Waals surface area contributed by atoms with Crippen LogP contribution in [0.2, 0.25) is 0 Å². The highest BCUT2D eigenvalue weighted by molar-refractivity contribution is 7.99. The van der Waals surface area contributed by atoms with Gasteiger partial charge in [-0.25, -0.2) is 4.68 Å². The van der Waals surface area contributed by atoms with Crippen molar-refractivity contribution in [3.05, 3.63) is 60.2 Å². The molecule has 2 aromatic heterocycles. The molecule has 2 aromatic carbocycles. The molecule has 28 heavy (non-hydrogen) atoms. The van der Waals surface area contributed by atoms with E-state index in [4.69, 9.17) is 0 Å². The first kappa shape index (κ1) is 17.2. The summed E-state index contributed by atoms with van der Waals surface area (Å²) in [6.07, 6.45) is 2.21. The predicted molar refractivity (Wildman–Crippen MR) is 109 cm³/mol. The number of aromatic nitrogens is 5. The van der Waals surface area contributed by atoms with Crippen molar-refractivity contribution in [1.82, 2.24) is 24.8 Å². The SMILES string of the molecule is Cn1c(-c2ccccc2)c(C(=O)CSc2nnnn2C2CC2)c2ccccc21. The van der Waals surface area contributed by atoms with Crippen LogP contribution in [0.3, 0.4) is 0 Å². The topological polar surface area (TPSA) is 65.6 Å². The third kappa shape index (κ3) is 2.92. The van der Waals surface area contributed by atoms with Gasteiger partial charge in [-0.05, 0) is 34.9 Å². The molecule has 1 aliphatic carbocycles. The molecular weight excluding hydrogens is 370 g/mol. The third-order valence-corrected chi connectivity index (χ3v) is 6.05. The number of aryl methyl sites for hydroxylation is 1. The van der Waals surface area contributed by atoms with Crippen LogP contribution in [0, 0.1) is 0 Å². The number of hydrogen-bond acceptors (Lipinski definition) is 5. The predicted octanol–water partition coefficient (Wildman–Crippen LogP) is 4.14. The molecule has 4 aromatic rings. The molecule has 2 heterocycles. The first-order chi connectivity index (χ1) is 13.7. The molecule has 0 spiro atoms. The smallest absolute Gasteiger partial charge is 0.210 e. The Morgan fingerprint density at radius 2 is 1.86 bits per heavy atom. The summed E-state index contributed by atoms with van der Waals surface area (Å²) in [6.45, 7) is 0. The van der Waals surface area contributed by atoms with Gasteiger partial charge in [0.15, 0.2) is 5.78 Å². The lowest BCUT2D eigenvalue weighted by molar-refractivity contribution is 0.102. The molecule has 0 radical (unpaired) electrons. The van der Waals surface area contributed by atoms with E-state index >= 15 is 0 Å². The van der Waals surface area contributed by atoms with E-state index < -0.39 is 0 Å². The van der Waals surface area contributed by atoms with E-state index in [0.29, 0.717) is 11.8 Å². The average Bonchev–Trinajstić information content (AvgIpc) is 3.39. The van der Waals surface area contributed by atoms with Crippen LogP contribution in [0.1, 0.15) is 29.2 Å². The first-order valence-electron chi connectivity index (χ1n) is 9.30. The van der Waals surface area contributed by atoms with E-state index in [1.807, 2.05) is 60.3 Å². The minimum absolute atomic E-state index is 0.0889. The van der Waals surface area contributed by atoms with Gasteiger partial charge in [0.25, 0.3) is 0 Å². The molecule has 0 N–H and O–H groups in total. The van der Waals surface area contributed by atoms with Crippen LogP contribution in [0.5, 0.6) is 0 Å². The second kappa shape index (κ2) is 6.91. The summed E-state index contributed by atoms with van der Waals surface area (Å²) in [7, 11) is 2.02. The van der Waals surface area contributed by atoms with Gasteiger partial charge >= 0.3 is 0 Å². The largest absolute Gasteiger partial charge is 0.343 e. The fourth-order valence-corrected chi connectivity index (χ4v) is 4.46. The van der Waals surface area contributed by atoms with Crippen LogP contribution >= 0.6 is 11.8 Å². The second-order valence-corrected chi connectivity index (χ2v) is 7.96. The Kier molecular flexibility index (Phi) is 4.24. The standard InChI is InChI=1S/C21H19N5OS/c1-25-17-10-6-5-9-16(17)19(20(25)14-7-3-2-4-8-14)18(27)13-28-21-22-23-24-26(21)15-11-12-15/h2-10,15H,11-13H2,1H3. The second-order valence-electron chi connectivity index (χ2n) is 7.01. The highest BCUT2D eigenvalue weighted by Crippen LogP contribution is 2.37. The number of carbonyl (C=O) groups is 1. The summed E-state index contributed by atoms with van der Waals surface area (Å²) in [5.41, 5.74) is 3.81. The van der Waals surface area contributed by atoms with Gasteiger partial charge in [0.1, 0.15) is 0 Å². The molecule has 1 aliphatic rings. The van der Waals surface area contributed by atoms with Gasteiger partial charge in [-0.2, -0.15) is 0 Å². The number of tetrazole rings is 1. The molecule has 5 rings (SSSR count). The highest BCUT2D eigenvalue weighted by Gasteiger charge is 2.29. The van der Waals surface area contributed by atoms with Crippen LogP contribution < -0.4 is 0 Å². The molecule has 1 fully saturated rings. The number of benzene rings is 2. The number of fused-ring (bicyclic) bond motifs is 1. The highest BCUT2D eigenvalue weighted by atomic mass is 32.2. The van der Waals surface area contributed by atoms with Crippen LogP contribution in [0.25, 0.3) is 22.2 Å². The number of Topliss-reactive ketones (excluding diaryl/α,β-unsaturated/α-hetero) is 1. The van der Waals surface area contributed by atoms with Gasteiger partial charge in [-0.3, -0.25) is 4.79 Å². The van der Waals surface area contributed by atoms with Crippen molar-refractivity contribution in [2.45, 2.75) is 24.0 Å². The number of para-hydroxylation sites is 1. The first-order valence-corrected chi connectivity index (χ1v) is 10.3. The lowest BCUT2D eigenvalue weighted by atomic mass is 10.0. The molecule has 6 nitrogen and oxygen atoms in total. The zero-order valence-electron chi connectivity index (χ0n) is 15.4. The van der Waals surface area contributed by atoms with E-state index in [1.54, 1.807) is 0 Å². The normalized spacial score (nSPS) is 13.9. The zero-order valence-corrected chi connectivity index (χ0v) is 16.3. The van der Waals surface area contributed by atoms with Crippen LogP contribution in [0.15, 0.2) is 59.8 Å². The van der Waals surface area contributed by atoms with Crippen LogP contribution in [0.4, 0.5) is 0 Å². The van der Waals surface area contributed by atoms with Gasteiger partial charge in [0, 0.05) is 18.0 Å². The van der Waals surface area contributed by atoms with Crippen molar-refractivity contribution in [2.24, 2.45) is 7.05 Å². The minimum atomic E-state index is 0.0889. The molecule has 0 unspecified atom stereocenters. The maximum Gasteiger partial charge on any atom is 0.210 e. The Labute approximate surface area is 166 Å². The van der Waals surface area contributed by atoms with Crippen molar-refractivity contribution >= 4 is 28.4 Å². The van der Waals surface area contributed by atoms with E-state index in [1.165, 1.54) is 11.8 Å². The van der Waals surface area contributed by atoms with Gasteiger partial charge in [0.2, 0.25) is 5.16 Å². The summed E-state index contributed by atoms with van der Waals surface area (Å²) in [6, 6.07) is 18.5. The van der Waals surface area contributed by atoms with Crippen molar-refractivity contribution in [3.63, 3.8) is 0 Å². The Balaban J connectivity index is 1.54. The maximum absolute atomic E-state index is 13.3. The number of hydrogen-bond donors (Lipinski definition) is 0. The van der Waals surface area contributed by atoms with Crippen LogP contribution in [-0.4, -0.2) is 36.3 Å². The molecule has 0 atom stereocenters. The molecule has 140 valence electrons. The summed E-state index contributed by atoms with van der Waals surface area (Å²) in [4.78, 5) is 13.3. The van der Waals surface area contributed by atoms with Gasteiger partial charge in [-0.15, -0.1) is 5.10 Å². The van der Waals surface area contributed by atoms with Gasteiger partial charge in [-0.1, -0.05) is 60.3 Å². The quantitative estimate of drug-likeness (QED) is 0.366. The molecule has 1 saturated carbocycles. The maximum atomic E-state index is 13.3. The summed E-state index contributed by atoms with van der Waals surface area (Å²) in [5, 5.41) is 13.6. The van der Waals surface area contributed by atoms with E-state index in [2.05, 4.69) is 26.2 Å². The number of rotatable bonds is 6. The Hall–Kier alpha value is -2.93. The third-order valence-electron chi connectivity index (χ3n) is 5.12. The van der Waals surface area contributed by atoms with Gasteiger partial charge in [0.05, 0.1) is 23.1 Å². The molecular formula is C21H19N5OS. The van der Waals surface area contributed by atoms with Crippen molar-refractivity contribution < 1.29 is 4.79 Å². The average molecular weight is 389 g/mol. The number of nitrogens with zero attached hydrogens (tertiary/aromatic N) is 5. The molecule has 0 bridgehead atoms. The Morgan fingerprint density at radius 1 is 1.11 bits per heavy atom. The molecule has 0 saturated heterocycles. The summed E-state index contributed by atoms with van der Waals surface area (Å²) in [5.74, 6) is 0.395. The molecule has 7 heteroatoms. The zero-order chi connectivity index (χ0) is 19.1. The Bertz CT molecular complexity index is 1160. The van der Waals surface area contributed by atoms with Crippen molar-refractivity contribution in [1.29, 1.82) is 0 Å². The van der Waals surface area contributed by atoms with Crippen molar-refractivity contribution in [2.75, 3.05) is 5.75 Å². The number of ketones is 1.